The highest BCUT2D eigenvalue weighted by molar-refractivity contribution is 5.83. The first kappa shape index (κ1) is 16.4. The minimum Gasteiger partial charge on any atom is -0.383 e. The van der Waals surface area contributed by atoms with Crippen LogP contribution in [0.1, 0.15) is 47.0 Å². The molecule has 2 aliphatic rings. The first-order valence-corrected chi connectivity index (χ1v) is 8.06. The third-order valence-electron chi connectivity index (χ3n) is 4.99. The number of likely N-dealkylation sites (tertiary alicyclic amines) is 2. The number of aliphatic hydroxyl groups is 1. The number of hydrogen-bond donors (Lipinski definition) is 1. The Hall–Kier alpha value is -0.940. The number of carbonyl (C=O) groups is 2. The third-order valence-corrected chi connectivity index (χ3v) is 4.99. The van der Waals surface area contributed by atoms with Crippen molar-refractivity contribution in [3.8, 4) is 0 Å². The smallest absolute Gasteiger partial charge is 0.251 e. The van der Waals surface area contributed by atoms with Crippen molar-refractivity contribution in [2.45, 2.75) is 64.6 Å². The van der Waals surface area contributed by atoms with E-state index in [2.05, 4.69) is 18.7 Å². The highest BCUT2D eigenvalue weighted by Gasteiger charge is 2.54. The Balaban J connectivity index is 2.07. The molecule has 0 aromatic heterocycles. The summed E-state index contributed by atoms with van der Waals surface area (Å²) in [5.74, 6) is 0.326. The molecule has 2 aliphatic heterocycles. The second kappa shape index (κ2) is 6.05. The Morgan fingerprint density at radius 1 is 1.29 bits per heavy atom. The Morgan fingerprint density at radius 3 is 2.38 bits per heavy atom. The van der Waals surface area contributed by atoms with Crippen molar-refractivity contribution < 1.29 is 14.7 Å². The van der Waals surface area contributed by atoms with Crippen molar-refractivity contribution in [1.82, 2.24) is 9.80 Å². The van der Waals surface area contributed by atoms with Gasteiger partial charge in [-0.1, -0.05) is 20.8 Å². The summed E-state index contributed by atoms with van der Waals surface area (Å²) in [4.78, 5) is 28.1. The summed E-state index contributed by atoms with van der Waals surface area (Å²) in [5, 5.41) is 9.69. The third kappa shape index (κ3) is 2.86. The average Bonchev–Trinajstić information content (AvgIpc) is 2.78. The molecule has 2 atom stereocenters. The Labute approximate surface area is 127 Å². The lowest BCUT2D eigenvalue weighted by atomic mass is 9.83. The summed E-state index contributed by atoms with van der Waals surface area (Å²) in [7, 11) is 0. The summed E-state index contributed by atoms with van der Waals surface area (Å²) in [5.41, 5.74) is -0.0380. The standard InChI is InChI=1S/C16H28N2O3/c1-5-13(20)15(21)17-9-16(10-17)7-6-8-18(16)14(11(2)3)12(4)19/h11,13-14,20H,5-10H2,1-4H3. The van der Waals surface area contributed by atoms with Gasteiger partial charge < -0.3 is 10.0 Å². The minimum atomic E-state index is -0.883. The van der Waals surface area contributed by atoms with E-state index >= 15 is 0 Å². The molecule has 2 heterocycles. The van der Waals surface area contributed by atoms with Gasteiger partial charge in [0.05, 0.1) is 11.6 Å². The van der Waals surface area contributed by atoms with Gasteiger partial charge in [-0.15, -0.1) is 0 Å². The second-order valence-corrected chi connectivity index (χ2v) is 6.94. The maximum absolute atomic E-state index is 12.0. The summed E-state index contributed by atoms with van der Waals surface area (Å²) < 4.78 is 0. The molecule has 0 aliphatic carbocycles. The van der Waals surface area contributed by atoms with Crippen LogP contribution in [0.15, 0.2) is 0 Å². The molecule has 0 radical (unpaired) electrons. The molecule has 0 aromatic carbocycles. The minimum absolute atomic E-state index is 0.0380. The Bertz CT molecular complexity index is 416. The van der Waals surface area contributed by atoms with Gasteiger partial charge in [0.15, 0.2) is 0 Å². The van der Waals surface area contributed by atoms with Gasteiger partial charge in [-0.05, 0) is 38.6 Å². The normalized spacial score (nSPS) is 24.2. The van der Waals surface area contributed by atoms with Crippen LogP contribution in [0.4, 0.5) is 0 Å². The number of nitrogens with zero attached hydrogens (tertiary/aromatic N) is 2. The first-order valence-electron chi connectivity index (χ1n) is 8.06. The zero-order valence-electron chi connectivity index (χ0n) is 13.6. The van der Waals surface area contributed by atoms with Gasteiger partial charge in [-0.25, -0.2) is 0 Å². The van der Waals surface area contributed by atoms with E-state index in [0.29, 0.717) is 19.5 Å². The molecule has 5 heteroatoms. The maximum Gasteiger partial charge on any atom is 0.251 e. The van der Waals surface area contributed by atoms with Crippen LogP contribution in [0.5, 0.6) is 0 Å². The molecule has 21 heavy (non-hydrogen) atoms. The topological polar surface area (TPSA) is 60.9 Å². The lowest BCUT2D eigenvalue weighted by Crippen LogP contribution is -2.72. The zero-order chi connectivity index (χ0) is 15.8. The monoisotopic (exact) mass is 296 g/mol. The van der Waals surface area contributed by atoms with E-state index in [4.69, 9.17) is 0 Å². The van der Waals surface area contributed by atoms with Gasteiger partial charge >= 0.3 is 0 Å². The number of Topliss-reactive ketones (excluding diaryl/α,β-unsaturated/α-hetero) is 1. The van der Waals surface area contributed by atoms with Crippen LogP contribution in [-0.4, -0.2) is 63.9 Å². The van der Waals surface area contributed by atoms with Gasteiger partial charge in [0.2, 0.25) is 0 Å². The molecule has 2 unspecified atom stereocenters. The predicted molar refractivity (Wildman–Crippen MR) is 80.9 cm³/mol. The van der Waals surface area contributed by atoms with E-state index < -0.39 is 6.10 Å². The molecular weight excluding hydrogens is 268 g/mol. The summed E-state index contributed by atoms with van der Waals surface area (Å²) in [6.07, 6.45) is 1.68. The molecule has 2 saturated heterocycles. The highest BCUT2D eigenvalue weighted by atomic mass is 16.3. The van der Waals surface area contributed by atoms with Crippen LogP contribution in [0.3, 0.4) is 0 Å². The molecule has 0 aromatic rings. The molecule has 1 N–H and O–H groups in total. The van der Waals surface area contributed by atoms with Gasteiger partial charge in [0.1, 0.15) is 11.9 Å². The van der Waals surface area contributed by atoms with Gasteiger partial charge in [-0.2, -0.15) is 0 Å². The fourth-order valence-corrected chi connectivity index (χ4v) is 3.99. The quantitative estimate of drug-likeness (QED) is 0.824. The van der Waals surface area contributed by atoms with Crippen molar-refractivity contribution in [3.05, 3.63) is 0 Å². The molecule has 2 fully saturated rings. The van der Waals surface area contributed by atoms with Gasteiger partial charge in [-0.3, -0.25) is 14.5 Å². The van der Waals surface area contributed by atoms with E-state index in [1.165, 1.54) is 0 Å². The van der Waals surface area contributed by atoms with E-state index in [1.54, 1.807) is 11.8 Å². The van der Waals surface area contributed by atoms with Gasteiger partial charge in [0, 0.05) is 13.1 Å². The fraction of sp³-hybridized carbons (Fsp3) is 0.875. The van der Waals surface area contributed by atoms with E-state index in [0.717, 1.165) is 19.4 Å². The van der Waals surface area contributed by atoms with Crippen LogP contribution >= 0.6 is 0 Å². The van der Waals surface area contributed by atoms with Crippen molar-refractivity contribution in [2.24, 2.45) is 5.92 Å². The van der Waals surface area contributed by atoms with E-state index in [1.807, 2.05) is 6.92 Å². The largest absolute Gasteiger partial charge is 0.383 e. The van der Waals surface area contributed by atoms with E-state index in [9.17, 15) is 14.7 Å². The number of rotatable bonds is 5. The molecule has 1 spiro atoms. The summed E-state index contributed by atoms with van der Waals surface area (Å²) >= 11 is 0. The zero-order valence-corrected chi connectivity index (χ0v) is 13.6. The highest BCUT2D eigenvalue weighted by Crippen LogP contribution is 2.40. The van der Waals surface area contributed by atoms with Crippen molar-refractivity contribution >= 4 is 11.7 Å². The van der Waals surface area contributed by atoms with Crippen molar-refractivity contribution in [2.75, 3.05) is 19.6 Å². The van der Waals surface area contributed by atoms with Crippen LogP contribution in [0, 0.1) is 5.92 Å². The molecule has 2 rings (SSSR count). The number of amides is 1. The number of aliphatic hydroxyl groups excluding tert-OH is 1. The Morgan fingerprint density at radius 2 is 1.90 bits per heavy atom. The lowest BCUT2D eigenvalue weighted by Gasteiger charge is -2.55. The molecule has 5 nitrogen and oxygen atoms in total. The van der Waals surface area contributed by atoms with E-state index in [-0.39, 0.29) is 29.2 Å². The van der Waals surface area contributed by atoms with Crippen LogP contribution < -0.4 is 0 Å². The molecular formula is C16H28N2O3. The van der Waals surface area contributed by atoms with Crippen molar-refractivity contribution in [1.29, 1.82) is 0 Å². The first-order chi connectivity index (χ1) is 9.82. The van der Waals surface area contributed by atoms with Crippen LogP contribution in [0.25, 0.3) is 0 Å². The van der Waals surface area contributed by atoms with Crippen molar-refractivity contribution in [3.63, 3.8) is 0 Å². The average molecular weight is 296 g/mol. The molecule has 1 amide bonds. The SMILES string of the molecule is CCC(O)C(=O)N1CC2(CCCN2C(C(C)=O)C(C)C)C1. The maximum atomic E-state index is 12.0. The summed E-state index contributed by atoms with van der Waals surface area (Å²) in [6.45, 7) is 9.88. The molecule has 0 saturated carbocycles. The fourth-order valence-electron chi connectivity index (χ4n) is 3.99. The molecule has 120 valence electrons. The predicted octanol–water partition coefficient (Wildman–Crippen LogP) is 1.05. The second-order valence-electron chi connectivity index (χ2n) is 6.94. The number of hydrogen-bond acceptors (Lipinski definition) is 4. The van der Waals surface area contributed by atoms with Crippen LogP contribution in [-0.2, 0) is 9.59 Å². The number of ketones is 1. The number of carbonyl (C=O) groups excluding carboxylic acids is 2. The lowest BCUT2D eigenvalue weighted by molar-refractivity contribution is -0.157. The van der Waals surface area contributed by atoms with Crippen LogP contribution in [0.2, 0.25) is 0 Å². The van der Waals surface area contributed by atoms with Gasteiger partial charge in [0.25, 0.3) is 5.91 Å². The summed E-state index contributed by atoms with van der Waals surface area (Å²) in [6, 6.07) is -0.0548. The Kier molecular flexibility index (Phi) is 4.73. The molecule has 0 bridgehead atoms.